The van der Waals surface area contributed by atoms with E-state index in [-0.39, 0.29) is 5.44 Å². The van der Waals surface area contributed by atoms with E-state index in [1.165, 1.54) is 0 Å². The molecule has 0 bridgehead atoms. The number of hydrogen-bond acceptors (Lipinski definition) is 3. The lowest BCUT2D eigenvalue weighted by Gasteiger charge is -1.93. The molecule has 2 rings (SSSR count). The van der Waals surface area contributed by atoms with Gasteiger partial charge in [0.2, 0.25) is 0 Å². The van der Waals surface area contributed by atoms with Crippen molar-refractivity contribution in [2.75, 3.05) is 0 Å². The van der Waals surface area contributed by atoms with Crippen molar-refractivity contribution >= 4 is 12.6 Å². The second kappa shape index (κ2) is 2.18. The lowest BCUT2D eigenvalue weighted by molar-refractivity contribution is -0.197. The Balaban J connectivity index is 2.51. The van der Waals surface area contributed by atoms with Crippen molar-refractivity contribution in [1.82, 2.24) is 0 Å². The summed E-state index contributed by atoms with van der Waals surface area (Å²) in [6.45, 7) is 0. The smallest absolute Gasteiger partial charge is 0.176 e. The zero-order valence-corrected chi connectivity index (χ0v) is 6.04. The number of thiol groups is 1. The summed E-state index contributed by atoms with van der Waals surface area (Å²) < 4.78 is 0. The second-order valence-corrected chi connectivity index (χ2v) is 2.54. The van der Waals surface area contributed by atoms with Crippen LogP contribution in [0.1, 0.15) is 11.0 Å². The molecule has 1 aromatic carbocycles. The van der Waals surface area contributed by atoms with Crippen LogP contribution in [-0.2, 0) is 4.89 Å². The molecule has 0 amide bonds. The summed E-state index contributed by atoms with van der Waals surface area (Å²) in [5.41, 5.74) is 0.766. The van der Waals surface area contributed by atoms with Gasteiger partial charge in [-0.15, -0.1) is 12.6 Å². The average molecular weight is 154 g/mol. The molecule has 3 heteroatoms. The molecule has 52 valence electrons. The molecule has 1 heterocycles. The highest BCUT2D eigenvalue weighted by molar-refractivity contribution is 7.80. The van der Waals surface area contributed by atoms with E-state index in [1.807, 2.05) is 24.3 Å². The van der Waals surface area contributed by atoms with E-state index >= 15 is 0 Å². The zero-order chi connectivity index (χ0) is 6.97. The highest BCUT2D eigenvalue weighted by Gasteiger charge is 2.21. The van der Waals surface area contributed by atoms with Crippen molar-refractivity contribution in [3.63, 3.8) is 0 Å². The molecule has 2 nitrogen and oxygen atoms in total. The third-order valence-electron chi connectivity index (χ3n) is 1.41. The molecule has 0 N–H and O–H groups in total. The topological polar surface area (TPSA) is 18.5 Å². The highest BCUT2D eigenvalue weighted by atomic mass is 32.1. The predicted molar refractivity (Wildman–Crippen MR) is 39.9 cm³/mol. The number of rotatable bonds is 0. The van der Waals surface area contributed by atoms with E-state index in [0.717, 1.165) is 11.3 Å². The van der Waals surface area contributed by atoms with Crippen LogP contribution in [0.2, 0.25) is 0 Å². The predicted octanol–water partition coefficient (Wildman–Crippen LogP) is 1.94. The Morgan fingerprint density at radius 3 is 2.90 bits per heavy atom. The summed E-state index contributed by atoms with van der Waals surface area (Å²) in [5, 5.41) is 0. The van der Waals surface area contributed by atoms with E-state index in [9.17, 15) is 0 Å². The quantitative estimate of drug-likeness (QED) is 0.454. The van der Waals surface area contributed by atoms with Crippen LogP contribution in [0.3, 0.4) is 0 Å². The van der Waals surface area contributed by atoms with Crippen LogP contribution in [0.15, 0.2) is 24.3 Å². The van der Waals surface area contributed by atoms with Gasteiger partial charge >= 0.3 is 0 Å². The molecule has 0 radical (unpaired) electrons. The standard InChI is InChI=1S/C7H6O2S/c10-7-5-3-1-2-4-6(5)8-9-7/h1-4,7,10H. The molecule has 0 spiro atoms. The van der Waals surface area contributed by atoms with Crippen LogP contribution in [-0.4, -0.2) is 0 Å². The molecule has 0 saturated heterocycles. The minimum atomic E-state index is -0.226. The highest BCUT2D eigenvalue weighted by Crippen LogP contribution is 2.36. The molecule has 1 unspecified atom stereocenters. The van der Waals surface area contributed by atoms with E-state index in [4.69, 9.17) is 9.78 Å². The largest absolute Gasteiger partial charge is 0.336 e. The first kappa shape index (κ1) is 6.07. The second-order valence-electron chi connectivity index (χ2n) is 2.07. The summed E-state index contributed by atoms with van der Waals surface area (Å²) in [5.74, 6) is 0.766. The molecule has 1 aromatic rings. The molecule has 0 aromatic heterocycles. The Bertz CT molecular complexity index is 249. The molecule has 1 aliphatic rings. The van der Waals surface area contributed by atoms with Crippen LogP contribution in [0.25, 0.3) is 0 Å². The van der Waals surface area contributed by atoms with Gasteiger partial charge in [0.15, 0.2) is 11.2 Å². The van der Waals surface area contributed by atoms with Gasteiger partial charge in [0.05, 0.1) is 0 Å². The number of fused-ring (bicyclic) bond motifs is 1. The lowest BCUT2D eigenvalue weighted by Crippen LogP contribution is -1.85. The van der Waals surface area contributed by atoms with Gasteiger partial charge in [-0.05, 0) is 6.07 Å². The first-order valence-electron chi connectivity index (χ1n) is 2.98. The fourth-order valence-corrected chi connectivity index (χ4v) is 1.17. The Hall–Kier alpha value is -0.670. The minimum Gasteiger partial charge on any atom is -0.336 e. The Morgan fingerprint density at radius 2 is 2.10 bits per heavy atom. The van der Waals surface area contributed by atoms with Gasteiger partial charge in [0, 0.05) is 5.56 Å². The van der Waals surface area contributed by atoms with Crippen LogP contribution in [0, 0.1) is 0 Å². The van der Waals surface area contributed by atoms with Gasteiger partial charge < -0.3 is 4.89 Å². The number of para-hydroxylation sites is 1. The van der Waals surface area contributed by atoms with Crippen LogP contribution in [0.5, 0.6) is 5.75 Å². The molecule has 10 heavy (non-hydrogen) atoms. The molecule has 1 aliphatic heterocycles. The molecule has 0 saturated carbocycles. The average Bonchev–Trinajstić information content (AvgIpc) is 2.34. The zero-order valence-electron chi connectivity index (χ0n) is 5.15. The maximum atomic E-state index is 4.83. The van der Waals surface area contributed by atoms with Gasteiger partial charge in [0.25, 0.3) is 0 Å². The summed E-state index contributed by atoms with van der Waals surface area (Å²) in [4.78, 5) is 9.62. The monoisotopic (exact) mass is 154 g/mol. The number of hydrogen-bond donors (Lipinski definition) is 1. The maximum absolute atomic E-state index is 4.83. The first-order valence-corrected chi connectivity index (χ1v) is 3.50. The van der Waals surface area contributed by atoms with E-state index in [1.54, 1.807) is 0 Å². The number of benzene rings is 1. The Kier molecular flexibility index (Phi) is 1.32. The normalized spacial score (nSPS) is 21.9. The van der Waals surface area contributed by atoms with Crippen molar-refractivity contribution in [2.45, 2.75) is 5.44 Å². The van der Waals surface area contributed by atoms with Gasteiger partial charge in [-0.2, -0.15) is 4.89 Å². The fourth-order valence-electron chi connectivity index (χ4n) is 0.910. The molecule has 0 aliphatic carbocycles. The summed E-state index contributed by atoms with van der Waals surface area (Å²) in [7, 11) is 0. The molecule has 0 fully saturated rings. The molecular formula is C7H6O2S. The third kappa shape index (κ3) is 0.786. The van der Waals surface area contributed by atoms with Crippen molar-refractivity contribution in [3.8, 4) is 5.75 Å². The lowest BCUT2D eigenvalue weighted by atomic mass is 10.2. The van der Waals surface area contributed by atoms with Crippen molar-refractivity contribution in [3.05, 3.63) is 29.8 Å². The Morgan fingerprint density at radius 1 is 1.30 bits per heavy atom. The Labute approximate surface area is 64.1 Å². The van der Waals surface area contributed by atoms with Crippen LogP contribution < -0.4 is 4.89 Å². The third-order valence-corrected chi connectivity index (χ3v) is 1.78. The van der Waals surface area contributed by atoms with Gasteiger partial charge in [0.1, 0.15) is 0 Å². The summed E-state index contributed by atoms with van der Waals surface area (Å²) >= 11 is 4.12. The first-order chi connectivity index (χ1) is 4.88. The molecular weight excluding hydrogens is 148 g/mol. The summed E-state index contributed by atoms with van der Waals surface area (Å²) in [6, 6.07) is 7.61. The fraction of sp³-hybridized carbons (Fsp3) is 0.143. The van der Waals surface area contributed by atoms with Gasteiger partial charge in [-0.1, -0.05) is 18.2 Å². The van der Waals surface area contributed by atoms with Gasteiger partial charge in [-0.3, -0.25) is 0 Å². The summed E-state index contributed by atoms with van der Waals surface area (Å²) in [6.07, 6.45) is 0. The van der Waals surface area contributed by atoms with Crippen LogP contribution in [0.4, 0.5) is 0 Å². The van der Waals surface area contributed by atoms with Gasteiger partial charge in [-0.25, -0.2) is 0 Å². The van der Waals surface area contributed by atoms with Crippen LogP contribution >= 0.6 is 12.6 Å². The van der Waals surface area contributed by atoms with Crippen molar-refractivity contribution < 1.29 is 9.78 Å². The van der Waals surface area contributed by atoms with E-state index in [0.29, 0.717) is 0 Å². The van der Waals surface area contributed by atoms with E-state index < -0.39 is 0 Å². The molecule has 1 atom stereocenters. The van der Waals surface area contributed by atoms with Crippen molar-refractivity contribution in [2.24, 2.45) is 0 Å². The van der Waals surface area contributed by atoms with E-state index in [2.05, 4.69) is 12.6 Å². The maximum Gasteiger partial charge on any atom is 0.176 e. The minimum absolute atomic E-state index is 0.226. The SMILES string of the molecule is SC1OOc2ccccc21. The van der Waals surface area contributed by atoms with Crippen molar-refractivity contribution in [1.29, 1.82) is 0 Å².